The summed E-state index contributed by atoms with van der Waals surface area (Å²) in [6.45, 7) is 8.68. The molecule has 0 saturated carbocycles. The van der Waals surface area contributed by atoms with Gasteiger partial charge < -0.3 is 9.41 Å². The molecular weight excluding hydrogens is 252 g/mol. The van der Waals surface area contributed by atoms with Gasteiger partial charge in [-0.1, -0.05) is 0 Å². The van der Waals surface area contributed by atoms with E-state index in [0.29, 0.717) is 4.67 Å². The Kier molecular flexibility index (Phi) is 9.31. The first-order chi connectivity index (χ1) is 7.66. The molecule has 0 unspecified atom stereocenters. The summed E-state index contributed by atoms with van der Waals surface area (Å²) in [6, 6.07) is 0. The second-order valence-electron chi connectivity index (χ2n) is 4.18. The Hall–Kier alpha value is 0.0174. The van der Waals surface area contributed by atoms with Gasteiger partial charge in [-0.3, -0.25) is 9.05 Å². The number of rotatable bonds is 5. The third-order valence-corrected chi connectivity index (χ3v) is 3.41. The summed E-state index contributed by atoms with van der Waals surface area (Å²) in [7, 11) is -0.328. The van der Waals surface area contributed by atoms with Gasteiger partial charge in [0.15, 0.2) is 0 Å². The van der Waals surface area contributed by atoms with Crippen molar-refractivity contribution >= 4 is 13.8 Å². The summed E-state index contributed by atoms with van der Waals surface area (Å²) in [5.41, 5.74) is -0.698. The fourth-order valence-electron chi connectivity index (χ4n) is 0.918. The molecule has 0 saturated heterocycles. The van der Waals surface area contributed by atoms with Crippen molar-refractivity contribution in [2.75, 3.05) is 13.2 Å². The molecule has 0 aromatic heterocycles. The average Bonchev–Trinajstić information content (AvgIpc) is 2.14. The minimum Gasteiger partial charge on any atom is -0.445 e. The number of carbonyl (C=O) groups is 1. The minimum absolute atomic E-state index is 0. The molecule has 0 aliphatic carbocycles. The zero-order valence-electron chi connectivity index (χ0n) is 12.1. The van der Waals surface area contributed by atoms with Crippen LogP contribution in [0.15, 0.2) is 0 Å². The van der Waals surface area contributed by atoms with E-state index in [1.165, 1.54) is 0 Å². The molecule has 1 amide bonds. The Balaban J connectivity index is 0. The number of ether oxygens (including phenoxy) is 1. The number of amides is 1. The van der Waals surface area contributed by atoms with E-state index in [0.717, 1.165) is 0 Å². The maximum absolute atomic E-state index is 12.2. The van der Waals surface area contributed by atoms with Crippen molar-refractivity contribution in [3.05, 3.63) is 7.05 Å². The maximum atomic E-state index is 12.2. The number of hydrogen-bond donors (Lipinski definition) is 0. The topological polar surface area (TPSA) is 65.1 Å². The molecule has 102 valence electrons. The molecule has 0 aliphatic heterocycles. The van der Waals surface area contributed by atoms with Gasteiger partial charge in [0, 0.05) is 0 Å². The Morgan fingerprint density at radius 1 is 1.22 bits per heavy atom. The number of nitrogens with zero attached hydrogens (tertiary/aromatic N) is 1. The molecule has 0 heterocycles. The Labute approximate surface area is 121 Å². The molecule has 0 atom stereocenters. The van der Waals surface area contributed by atoms with Crippen molar-refractivity contribution in [3.63, 3.8) is 0 Å². The molecule has 0 N–H and O–H groups in total. The van der Waals surface area contributed by atoms with Crippen LogP contribution >= 0.6 is 7.75 Å². The van der Waals surface area contributed by atoms with Gasteiger partial charge in [-0.15, -0.1) is 0 Å². The largest absolute Gasteiger partial charge is 1.00 e. The Bertz CT molecular complexity index is 295. The van der Waals surface area contributed by atoms with Crippen LogP contribution in [0.4, 0.5) is 4.79 Å². The van der Waals surface area contributed by atoms with Crippen LogP contribution in [0.3, 0.4) is 0 Å². The molecule has 0 rings (SSSR count). The first-order valence-electron chi connectivity index (χ1n) is 5.39. The average molecular weight is 273 g/mol. The van der Waals surface area contributed by atoms with E-state index in [1.807, 2.05) is 0 Å². The summed E-state index contributed by atoms with van der Waals surface area (Å²) < 4.78 is 27.7. The van der Waals surface area contributed by atoms with E-state index < -0.39 is 19.4 Å². The van der Waals surface area contributed by atoms with Crippen molar-refractivity contribution < 1.29 is 42.0 Å². The molecule has 0 aliphatic rings. The molecule has 0 spiro atoms. The SMILES string of the molecule is [CH2-]N(C(=O)OC(C)(C)C)P(=O)(OCC)OCC.[Li+]. The van der Waals surface area contributed by atoms with E-state index in [1.54, 1.807) is 34.6 Å². The van der Waals surface area contributed by atoms with Crippen molar-refractivity contribution in [2.45, 2.75) is 40.2 Å². The molecular formula is C10H21LiNO5P. The monoisotopic (exact) mass is 273 g/mol. The number of hydrogen-bond acceptors (Lipinski definition) is 5. The zero-order chi connectivity index (χ0) is 13.7. The van der Waals surface area contributed by atoms with E-state index in [-0.39, 0.29) is 32.1 Å². The first kappa shape index (κ1) is 20.3. The second-order valence-corrected chi connectivity index (χ2v) is 6.12. The van der Waals surface area contributed by atoms with Gasteiger partial charge in [0.25, 0.3) is 0 Å². The molecule has 0 fully saturated rings. The predicted octanol–water partition coefficient (Wildman–Crippen LogP) is 0.200. The van der Waals surface area contributed by atoms with Gasteiger partial charge in [-0.2, -0.15) is 0 Å². The van der Waals surface area contributed by atoms with Gasteiger partial charge in [0.2, 0.25) is 0 Å². The van der Waals surface area contributed by atoms with Crippen LogP contribution in [0.2, 0.25) is 0 Å². The molecule has 8 heteroatoms. The van der Waals surface area contributed by atoms with Gasteiger partial charge in [-0.25, -0.2) is 16.4 Å². The predicted molar refractivity (Wildman–Crippen MR) is 64.3 cm³/mol. The molecule has 0 aromatic carbocycles. The van der Waals surface area contributed by atoms with Crippen LogP contribution in [0.25, 0.3) is 0 Å². The zero-order valence-corrected chi connectivity index (χ0v) is 13.0. The van der Waals surface area contributed by atoms with Crippen LogP contribution < -0.4 is 18.9 Å². The molecule has 0 aromatic rings. The molecule has 6 nitrogen and oxygen atoms in total. The smallest absolute Gasteiger partial charge is 0.445 e. The summed E-state index contributed by atoms with van der Waals surface area (Å²) in [6.07, 6.45) is -0.845. The normalized spacial score (nSPS) is 11.7. The van der Waals surface area contributed by atoms with Gasteiger partial charge in [0.1, 0.15) is 5.60 Å². The maximum Gasteiger partial charge on any atom is 1.00 e. The third kappa shape index (κ3) is 6.82. The van der Waals surface area contributed by atoms with Crippen LogP contribution in [-0.2, 0) is 18.3 Å². The van der Waals surface area contributed by atoms with Crippen LogP contribution in [-0.4, -0.2) is 29.6 Å². The van der Waals surface area contributed by atoms with E-state index in [4.69, 9.17) is 13.8 Å². The minimum atomic E-state index is -3.70. The van der Waals surface area contributed by atoms with Crippen molar-refractivity contribution in [3.8, 4) is 0 Å². The summed E-state index contributed by atoms with van der Waals surface area (Å²) in [5, 5.41) is 0. The van der Waals surface area contributed by atoms with Crippen molar-refractivity contribution in [1.29, 1.82) is 0 Å². The van der Waals surface area contributed by atoms with E-state index in [2.05, 4.69) is 7.05 Å². The Morgan fingerprint density at radius 3 is 1.89 bits per heavy atom. The number of carbonyl (C=O) groups excluding carboxylic acids is 1. The quantitative estimate of drug-likeness (QED) is 0.407. The van der Waals surface area contributed by atoms with Gasteiger partial charge in [0.05, 0.1) is 13.2 Å². The molecule has 0 radical (unpaired) electrons. The fraction of sp³-hybridized carbons (Fsp3) is 0.800. The summed E-state index contributed by atoms with van der Waals surface area (Å²) in [5.74, 6) is 0. The van der Waals surface area contributed by atoms with Crippen LogP contribution in [0.5, 0.6) is 0 Å². The van der Waals surface area contributed by atoms with Crippen molar-refractivity contribution in [1.82, 2.24) is 4.67 Å². The third-order valence-electron chi connectivity index (χ3n) is 1.48. The second kappa shape index (κ2) is 8.24. The summed E-state index contributed by atoms with van der Waals surface area (Å²) in [4.78, 5) is 11.7. The molecule has 0 bridgehead atoms. The standard InChI is InChI=1S/C10H21NO5P.Li/c1-7-14-17(13,15-8-2)11(6)9(12)16-10(3,4)5;/h6-8H2,1-5H3;/q-1;+1. The van der Waals surface area contributed by atoms with E-state index >= 15 is 0 Å². The van der Waals surface area contributed by atoms with Gasteiger partial charge in [-0.05, 0) is 34.6 Å². The fourth-order valence-corrected chi connectivity index (χ4v) is 2.16. The van der Waals surface area contributed by atoms with E-state index in [9.17, 15) is 9.36 Å². The van der Waals surface area contributed by atoms with Crippen LogP contribution in [0.1, 0.15) is 34.6 Å². The summed E-state index contributed by atoms with van der Waals surface area (Å²) >= 11 is 0. The first-order valence-corrected chi connectivity index (χ1v) is 6.89. The molecule has 18 heavy (non-hydrogen) atoms. The van der Waals surface area contributed by atoms with Gasteiger partial charge >= 0.3 is 32.7 Å². The van der Waals surface area contributed by atoms with Crippen LogP contribution in [0, 0.1) is 7.05 Å². The Morgan fingerprint density at radius 2 is 1.61 bits per heavy atom. The van der Waals surface area contributed by atoms with Crippen molar-refractivity contribution in [2.24, 2.45) is 0 Å².